The minimum atomic E-state index is -0.607. The molecule has 31 heavy (non-hydrogen) atoms. The Morgan fingerprint density at radius 3 is 2.39 bits per heavy atom. The van der Waals surface area contributed by atoms with Gasteiger partial charge < -0.3 is 11.1 Å². The number of carbonyl (C=O) groups excluding carboxylic acids is 1. The van der Waals surface area contributed by atoms with Crippen LogP contribution in [0.25, 0.3) is 33.4 Å². The number of amides is 1. The standard InChI is InChI=1S/C24H22ClN5O/c1-24(2,3)23(31)30-22-21(26)28-19(14-8-5-4-6-9-14)20(29-22)16-12-15-10-7-11-27-18(15)17(25)13-16/h4-13H,1-3H3,(H2,26,28)(H,29,30,31). The first-order valence-electron chi connectivity index (χ1n) is 9.83. The molecule has 3 N–H and O–H groups in total. The van der Waals surface area contributed by atoms with Crippen molar-refractivity contribution in [2.45, 2.75) is 20.8 Å². The first kappa shape index (κ1) is 20.8. The van der Waals surface area contributed by atoms with Crippen molar-refractivity contribution >= 4 is 40.0 Å². The molecule has 0 saturated heterocycles. The predicted octanol–water partition coefficient (Wildman–Crippen LogP) is 5.58. The van der Waals surface area contributed by atoms with Crippen molar-refractivity contribution < 1.29 is 4.79 Å². The van der Waals surface area contributed by atoms with E-state index in [1.807, 2.05) is 69.3 Å². The van der Waals surface area contributed by atoms with E-state index in [4.69, 9.17) is 22.3 Å². The Labute approximate surface area is 185 Å². The van der Waals surface area contributed by atoms with Crippen molar-refractivity contribution in [3.63, 3.8) is 0 Å². The van der Waals surface area contributed by atoms with Gasteiger partial charge in [-0.05, 0) is 18.2 Å². The van der Waals surface area contributed by atoms with Gasteiger partial charge in [0.25, 0.3) is 0 Å². The molecule has 0 fully saturated rings. The van der Waals surface area contributed by atoms with Gasteiger partial charge in [0.2, 0.25) is 5.91 Å². The number of rotatable bonds is 3. The van der Waals surface area contributed by atoms with E-state index in [2.05, 4.69) is 15.3 Å². The SMILES string of the molecule is CC(C)(C)C(=O)Nc1nc(-c2cc(Cl)c3ncccc3c2)c(-c2ccccc2)nc1N. The van der Waals surface area contributed by atoms with Crippen molar-refractivity contribution in [1.82, 2.24) is 15.0 Å². The van der Waals surface area contributed by atoms with Gasteiger partial charge in [-0.1, -0.05) is 68.8 Å². The normalized spacial score (nSPS) is 11.5. The number of halogens is 1. The van der Waals surface area contributed by atoms with E-state index in [1.54, 1.807) is 12.3 Å². The molecule has 0 bridgehead atoms. The van der Waals surface area contributed by atoms with Gasteiger partial charge >= 0.3 is 0 Å². The Morgan fingerprint density at radius 1 is 0.968 bits per heavy atom. The summed E-state index contributed by atoms with van der Waals surface area (Å²) >= 11 is 6.52. The number of nitrogens with one attached hydrogen (secondary N) is 1. The molecule has 0 spiro atoms. The summed E-state index contributed by atoms with van der Waals surface area (Å²) in [5, 5.41) is 4.19. The van der Waals surface area contributed by atoms with E-state index in [9.17, 15) is 4.79 Å². The van der Waals surface area contributed by atoms with Crippen LogP contribution in [0.3, 0.4) is 0 Å². The molecule has 1 amide bonds. The molecule has 6 nitrogen and oxygen atoms in total. The van der Waals surface area contributed by atoms with Gasteiger partial charge in [-0.15, -0.1) is 0 Å². The summed E-state index contributed by atoms with van der Waals surface area (Å²) in [6, 6.07) is 17.2. The van der Waals surface area contributed by atoms with Crippen molar-refractivity contribution in [1.29, 1.82) is 0 Å². The molecule has 4 rings (SSSR count). The monoisotopic (exact) mass is 431 g/mol. The number of anilines is 2. The zero-order valence-electron chi connectivity index (χ0n) is 17.5. The predicted molar refractivity (Wildman–Crippen MR) is 126 cm³/mol. The summed E-state index contributed by atoms with van der Waals surface area (Å²) in [5.74, 6) is 0.165. The fourth-order valence-electron chi connectivity index (χ4n) is 3.12. The molecule has 2 aromatic carbocycles. The summed E-state index contributed by atoms with van der Waals surface area (Å²) in [7, 11) is 0. The first-order chi connectivity index (χ1) is 14.7. The minimum Gasteiger partial charge on any atom is -0.381 e. The summed E-state index contributed by atoms with van der Waals surface area (Å²) in [6.07, 6.45) is 1.70. The molecular weight excluding hydrogens is 410 g/mol. The molecule has 7 heteroatoms. The van der Waals surface area contributed by atoms with Crippen molar-refractivity contribution in [3.8, 4) is 22.5 Å². The molecule has 2 aromatic heterocycles. The number of nitrogens with zero attached hydrogens (tertiary/aromatic N) is 3. The van der Waals surface area contributed by atoms with Crippen LogP contribution in [0.4, 0.5) is 11.6 Å². The summed E-state index contributed by atoms with van der Waals surface area (Å²) < 4.78 is 0. The molecule has 0 aliphatic rings. The lowest BCUT2D eigenvalue weighted by molar-refractivity contribution is -0.123. The van der Waals surface area contributed by atoms with Crippen molar-refractivity contribution in [2.75, 3.05) is 11.1 Å². The second-order valence-electron chi connectivity index (χ2n) is 8.26. The largest absolute Gasteiger partial charge is 0.381 e. The highest BCUT2D eigenvalue weighted by Gasteiger charge is 2.24. The third-order valence-electron chi connectivity index (χ3n) is 4.81. The lowest BCUT2D eigenvalue weighted by Crippen LogP contribution is -2.28. The number of benzene rings is 2. The number of nitrogen functional groups attached to an aromatic ring is 1. The third kappa shape index (κ3) is 4.20. The fourth-order valence-corrected chi connectivity index (χ4v) is 3.39. The summed E-state index contributed by atoms with van der Waals surface area (Å²) in [6.45, 7) is 5.46. The van der Waals surface area contributed by atoms with Crippen LogP contribution in [0.5, 0.6) is 0 Å². The van der Waals surface area contributed by atoms with Crippen LogP contribution in [0.1, 0.15) is 20.8 Å². The second-order valence-corrected chi connectivity index (χ2v) is 8.67. The number of carbonyl (C=O) groups is 1. The van der Waals surface area contributed by atoms with Gasteiger partial charge in [-0.3, -0.25) is 9.78 Å². The number of aromatic nitrogens is 3. The molecule has 4 aromatic rings. The van der Waals surface area contributed by atoms with Crippen molar-refractivity contribution in [2.24, 2.45) is 5.41 Å². The first-order valence-corrected chi connectivity index (χ1v) is 10.2. The maximum Gasteiger partial charge on any atom is 0.231 e. The topological polar surface area (TPSA) is 93.8 Å². The van der Waals surface area contributed by atoms with Crippen LogP contribution in [0.2, 0.25) is 5.02 Å². The number of hydrogen-bond donors (Lipinski definition) is 2. The van der Waals surface area contributed by atoms with E-state index < -0.39 is 5.41 Å². The maximum absolute atomic E-state index is 12.6. The number of nitrogens with two attached hydrogens (primary N) is 1. The maximum atomic E-state index is 12.6. The van der Waals surface area contributed by atoms with Crippen LogP contribution in [-0.2, 0) is 4.79 Å². The van der Waals surface area contributed by atoms with Crippen LogP contribution in [0.15, 0.2) is 60.8 Å². The highest BCUT2D eigenvalue weighted by atomic mass is 35.5. The minimum absolute atomic E-state index is 0.147. The molecule has 0 aliphatic carbocycles. The third-order valence-corrected chi connectivity index (χ3v) is 5.10. The van der Waals surface area contributed by atoms with E-state index in [0.717, 1.165) is 16.5 Å². The summed E-state index contributed by atoms with van der Waals surface area (Å²) in [4.78, 5) is 26.2. The van der Waals surface area contributed by atoms with E-state index in [-0.39, 0.29) is 17.5 Å². The highest BCUT2D eigenvalue weighted by molar-refractivity contribution is 6.35. The molecule has 0 aliphatic heterocycles. The molecule has 0 unspecified atom stereocenters. The Bertz CT molecular complexity index is 1280. The van der Waals surface area contributed by atoms with E-state index in [1.165, 1.54) is 0 Å². The van der Waals surface area contributed by atoms with Crippen LogP contribution >= 0.6 is 11.6 Å². The summed E-state index contributed by atoms with van der Waals surface area (Å²) in [5.41, 5.74) is 9.07. The number of fused-ring (bicyclic) bond motifs is 1. The zero-order chi connectivity index (χ0) is 22.2. The quantitative estimate of drug-likeness (QED) is 0.441. The van der Waals surface area contributed by atoms with E-state index >= 15 is 0 Å². The van der Waals surface area contributed by atoms with Crippen LogP contribution < -0.4 is 11.1 Å². The molecule has 0 saturated carbocycles. The highest BCUT2D eigenvalue weighted by Crippen LogP contribution is 2.36. The Morgan fingerprint density at radius 2 is 1.68 bits per heavy atom. The molecule has 0 radical (unpaired) electrons. The molecular formula is C24H22ClN5O. The second kappa shape index (κ2) is 7.96. The lowest BCUT2D eigenvalue weighted by atomic mass is 9.96. The van der Waals surface area contributed by atoms with Gasteiger partial charge in [0, 0.05) is 28.1 Å². The number of pyridine rings is 1. The number of hydrogen-bond acceptors (Lipinski definition) is 5. The Balaban J connectivity index is 1.94. The van der Waals surface area contributed by atoms with Gasteiger partial charge in [-0.25, -0.2) is 9.97 Å². The smallest absolute Gasteiger partial charge is 0.231 e. The van der Waals surface area contributed by atoms with Crippen LogP contribution in [0, 0.1) is 5.41 Å². The zero-order valence-corrected chi connectivity index (χ0v) is 18.2. The van der Waals surface area contributed by atoms with Crippen LogP contribution in [-0.4, -0.2) is 20.9 Å². The molecule has 0 atom stereocenters. The molecule has 2 heterocycles. The lowest BCUT2D eigenvalue weighted by Gasteiger charge is -2.19. The van der Waals surface area contributed by atoms with E-state index in [0.29, 0.717) is 21.9 Å². The van der Waals surface area contributed by atoms with Gasteiger partial charge in [0.15, 0.2) is 11.6 Å². The fraction of sp³-hybridized carbons (Fsp3) is 0.167. The molecule has 156 valence electrons. The average molecular weight is 432 g/mol. The van der Waals surface area contributed by atoms with Gasteiger partial charge in [0.05, 0.1) is 21.9 Å². The Hall–Kier alpha value is -3.51. The van der Waals surface area contributed by atoms with Gasteiger partial charge in [0.1, 0.15) is 0 Å². The van der Waals surface area contributed by atoms with Gasteiger partial charge in [-0.2, -0.15) is 0 Å². The Kier molecular flexibility index (Phi) is 5.33. The average Bonchev–Trinajstić information content (AvgIpc) is 2.74. The van der Waals surface area contributed by atoms with Crippen molar-refractivity contribution in [3.05, 3.63) is 65.8 Å².